The van der Waals surface area contributed by atoms with E-state index in [4.69, 9.17) is 21.1 Å². The number of hydrogen-bond acceptors (Lipinski definition) is 5. The summed E-state index contributed by atoms with van der Waals surface area (Å²) in [6, 6.07) is 11.4. The maximum Gasteiger partial charge on any atom is 0.261 e. The van der Waals surface area contributed by atoms with Crippen molar-refractivity contribution in [3.05, 3.63) is 63.6 Å². The van der Waals surface area contributed by atoms with Gasteiger partial charge in [-0.1, -0.05) is 11.6 Å². The Morgan fingerprint density at radius 3 is 2.45 bits per heavy atom. The summed E-state index contributed by atoms with van der Waals surface area (Å²) in [6.07, 6.45) is -0.630. The highest BCUT2D eigenvalue weighted by molar-refractivity contribution is 7.13. The van der Waals surface area contributed by atoms with E-state index in [1.165, 1.54) is 11.3 Å². The lowest BCUT2D eigenvalue weighted by molar-refractivity contribution is -0.127. The SMILES string of the molecule is COc1ccc(-c2nc(CNC(=O)C(C)Oc3cc(C)c(Cl)c(C)c3)cs2)cc1. The Bertz CT molecular complexity index is 979. The van der Waals surface area contributed by atoms with Gasteiger partial charge in [-0.05, 0) is 68.3 Å². The van der Waals surface area contributed by atoms with Gasteiger partial charge in [-0.25, -0.2) is 4.98 Å². The second kappa shape index (κ2) is 9.29. The number of methoxy groups -OCH3 is 1. The summed E-state index contributed by atoms with van der Waals surface area (Å²) in [4.78, 5) is 17.0. The number of carbonyl (C=O) groups excluding carboxylic acids is 1. The van der Waals surface area contributed by atoms with E-state index in [9.17, 15) is 4.79 Å². The molecule has 0 spiro atoms. The van der Waals surface area contributed by atoms with Crippen LogP contribution in [0.5, 0.6) is 11.5 Å². The van der Waals surface area contributed by atoms with Crippen molar-refractivity contribution in [2.75, 3.05) is 7.11 Å². The highest BCUT2D eigenvalue weighted by Crippen LogP contribution is 2.27. The molecule has 152 valence electrons. The molecule has 3 aromatic rings. The zero-order valence-electron chi connectivity index (χ0n) is 16.8. The zero-order valence-corrected chi connectivity index (χ0v) is 18.4. The van der Waals surface area contributed by atoms with E-state index in [-0.39, 0.29) is 5.91 Å². The van der Waals surface area contributed by atoms with Crippen molar-refractivity contribution < 1.29 is 14.3 Å². The fourth-order valence-electron chi connectivity index (χ4n) is 2.81. The molecule has 3 rings (SSSR count). The summed E-state index contributed by atoms with van der Waals surface area (Å²) in [5, 5.41) is 6.43. The number of benzene rings is 2. The predicted octanol–water partition coefficient (Wildman–Crippen LogP) is 5.17. The Morgan fingerprint density at radius 1 is 1.17 bits per heavy atom. The van der Waals surface area contributed by atoms with E-state index in [0.717, 1.165) is 33.1 Å². The number of halogens is 1. The van der Waals surface area contributed by atoms with Crippen LogP contribution in [0.15, 0.2) is 41.8 Å². The van der Waals surface area contributed by atoms with Gasteiger partial charge >= 0.3 is 0 Å². The molecule has 0 aliphatic carbocycles. The highest BCUT2D eigenvalue weighted by atomic mass is 35.5. The van der Waals surface area contributed by atoms with Crippen molar-refractivity contribution in [1.82, 2.24) is 10.3 Å². The molecule has 0 aliphatic rings. The third-order valence-corrected chi connectivity index (χ3v) is 5.96. The summed E-state index contributed by atoms with van der Waals surface area (Å²) in [7, 11) is 1.64. The van der Waals surface area contributed by atoms with Gasteiger partial charge in [0.25, 0.3) is 5.91 Å². The van der Waals surface area contributed by atoms with Gasteiger partial charge in [-0.2, -0.15) is 0 Å². The number of nitrogens with one attached hydrogen (secondary N) is 1. The van der Waals surface area contributed by atoms with Crippen molar-refractivity contribution >= 4 is 28.8 Å². The van der Waals surface area contributed by atoms with E-state index >= 15 is 0 Å². The first kappa shape index (κ1) is 21.1. The van der Waals surface area contributed by atoms with Gasteiger partial charge in [0.05, 0.1) is 19.3 Å². The van der Waals surface area contributed by atoms with Crippen LogP contribution >= 0.6 is 22.9 Å². The topological polar surface area (TPSA) is 60.5 Å². The van der Waals surface area contributed by atoms with E-state index < -0.39 is 6.10 Å². The molecule has 1 aromatic heterocycles. The molecule has 1 N–H and O–H groups in total. The van der Waals surface area contributed by atoms with Gasteiger partial charge in [0, 0.05) is 16.0 Å². The highest BCUT2D eigenvalue weighted by Gasteiger charge is 2.16. The Kier molecular flexibility index (Phi) is 6.77. The van der Waals surface area contributed by atoms with Crippen LogP contribution in [0.1, 0.15) is 23.7 Å². The number of thiazole rings is 1. The fourth-order valence-corrected chi connectivity index (χ4v) is 3.74. The van der Waals surface area contributed by atoms with Gasteiger partial charge in [0.2, 0.25) is 0 Å². The van der Waals surface area contributed by atoms with Crippen LogP contribution in [-0.4, -0.2) is 24.1 Å². The Labute approximate surface area is 179 Å². The minimum atomic E-state index is -0.630. The third kappa shape index (κ3) is 5.28. The number of ether oxygens (including phenoxy) is 2. The summed E-state index contributed by atoms with van der Waals surface area (Å²) in [5.41, 5.74) is 3.66. The first-order valence-electron chi connectivity index (χ1n) is 9.17. The molecule has 0 saturated heterocycles. The van der Waals surface area contributed by atoms with Crippen LogP contribution in [0.25, 0.3) is 10.6 Å². The summed E-state index contributed by atoms with van der Waals surface area (Å²) < 4.78 is 11.0. The van der Waals surface area contributed by atoms with Gasteiger partial charge in [0.1, 0.15) is 16.5 Å². The quantitative estimate of drug-likeness (QED) is 0.561. The minimum absolute atomic E-state index is 0.200. The smallest absolute Gasteiger partial charge is 0.261 e. The molecular formula is C22H23ClN2O3S. The van der Waals surface area contributed by atoms with Crippen molar-refractivity contribution in [3.8, 4) is 22.1 Å². The number of rotatable bonds is 7. The van der Waals surface area contributed by atoms with Crippen LogP contribution in [0.4, 0.5) is 0 Å². The summed E-state index contributed by atoms with van der Waals surface area (Å²) >= 11 is 7.72. The second-order valence-electron chi connectivity index (χ2n) is 6.72. The first-order chi connectivity index (χ1) is 13.9. The molecule has 1 heterocycles. The molecule has 7 heteroatoms. The van der Waals surface area contributed by atoms with Crippen LogP contribution in [0.2, 0.25) is 5.02 Å². The number of nitrogens with zero attached hydrogens (tertiary/aromatic N) is 1. The zero-order chi connectivity index (χ0) is 21.0. The Hall–Kier alpha value is -2.57. The van der Waals surface area contributed by atoms with Gasteiger partial charge in [0.15, 0.2) is 6.10 Å². The average molecular weight is 431 g/mol. The van der Waals surface area contributed by atoms with E-state index in [1.807, 2.05) is 55.6 Å². The van der Waals surface area contributed by atoms with Crippen molar-refractivity contribution in [2.45, 2.75) is 33.4 Å². The van der Waals surface area contributed by atoms with Crippen molar-refractivity contribution in [3.63, 3.8) is 0 Å². The van der Waals surface area contributed by atoms with Crippen LogP contribution < -0.4 is 14.8 Å². The molecule has 2 aromatic carbocycles. The number of aromatic nitrogens is 1. The molecule has 0 aliphatic heterocycles. The molecule has 1 unspecified atom stereocenters. The van der Waals surface area contributed by atoms with Crippen LogP contribution in [-0.2, 0) is 11.3 Å². The molecule has 1 atom stereocenters. The number of amides is 1. The lowest BCUT2D eigenvalue weighted by atomic mass is 10.1. The molecule has 5 nitrogen and oxygen atoms in total. The maximum atomic E-state index is 12.4. The molecule has 0 bridgehead atoms. The molecule has 1 amide bonds. The third-order valence-electron chi connectivity index (χ3n) is 4.42. The minimum Gasteiger partial charge on any atom is -0.497 e. The number of carbonyl (C=O) groups is 1. The van der Waals surface area contributed by atoms with E-state index in [1.54, 1.807) is 14.0 Å². The fraction of sp³-hybridized carbons (Fsp3) is 0.273. The molecular weight excluding hydrogens is 408 g/mol. The normalized spacial score (nSPS) is 11.8. The largest absolute Gasteiger partial charge is 0.497 e. The molecule has 0 saturated carbocycles. The van der Waals surface area contributed by atoms with E-state index in [2.05, 4.69) is 10.3 Å². The number of hydrogen-bond donors (Lipinski definition) is 1. The summed E-state index contributed by atoms with van der Waals surface area (Å²) in [6.45, 7) is 5.89. The van der Waals surface area contributed by atoms with E-state index in [0.29, 0.717) is 17.3 Å². The lowest BCUT2D eigenvalue weighted by Crippen LogP contribution is -2.36. The average Bonchev–Trinajstić information content (AvgIpc) is 3.19. The monoisotopic (exact) mass is 430 g/mol. The van der Waals surface area contributed by atoms with Gasteiger partial charge in [-0.3, -0.25) is 4.79 Å². The summed E-state index contributed by atoms with van der Waals surface area (Å²) in [5.74, 6) is 1.23. The molecule has 0 fully saturated rings. The van der Waals surface area contributed by atoms with Crippen molar-refractivity contribution in [1.29, 1.82) is 0 Å². The maximum absolute atomic E-state index is 12.4. The Balaban J connectivity index is 1.57. The van der Waals surface area contributed by atoms with Crippen LogP contribution in [0, 0.1) is 13.8 Å². The Morgan fingerprint density at radius 2 is 1.83 bits per heavy atom. The molecule has 0 radical (unpaired) electrons. The lowest BCUT2D eigenvalue weighted by Gasteiger charge is -2.16. The first-order valence-corrected chi connectivity index (χ1v) is 10.4. The number of aryl methyl sites for hydroxylation is 2. The van der Waals surface area contributed by atoms with Gasteiger partial charge in [-0.15, -0.1) is 11.3 Å². The van der Waals surface area contributed by atoms with Crippen LogP contribution in [0.3, 0.4) is 0 Å². The molecule has 29 heavy (non-hydrogen) atoms. The second-order valence-corrected chi connectivity index (χ2v) is 7.96. The van der Waals surface area contributed by atoms with Crippen molar-refractivity contribution in [2.24, 2.45) is 0 Å². The predicted molar refractivity (Wildman–Crippen MR) is 117 cm³/mol. The standard InChI is InChI=1S/C22H23ClN2O3S/c1-13-9-19(10-14(2)20(13)23)28-15(3)21(26)24-11-17-12-29-22(25-17)16-5-7-18(27-4)8-6-16/h5-10,12,15H,11H2,1-4H3,(H,24,26). The van der Waals surface area contributed by atoms with Gasteiger partial charge < -0.3 is 14.8 Å².